The minimum absolute atomic E-state index is 0. The highest BCUT2D eigenvalue weighted by atomic mass is 127. The molecule has 1 aromatic rings. The maximum absolute atomic E-state index is 12.7. The number of hydrogen-bond acceptors (Lipinski definition) is 3. The van der Waals surface area contributed by atoms with Crippen molar-refractivity contribution in [3.63, 3.8) is 0 Å². The molecular formula is C15H20ClF3IN5. The molecule has 1 unspecified atom stereocenters. The van der Waals surface area contributed by atoms with Crippen LogP contribution in [0.2, 0.25) is 5.02 Å². The first kappa shape index (κ1) is 21.8. The van der Waals surface area contributed by atoms with Crippen LogP contribution < -0.4 is 15.5 Å². The number of nitrogens with zero attached hydrogens (tertiary/aromatic N) is 3. The van der Waals surface area contributed by atoms with Gasteiger partial charge in [-0.2, -0.15) is 13.2 Å². The number of aromatic nitrogens is 1. The largest absolute Gasteiger partial charge is 0.417 e. The van der Waals surface area contributed by atoms with E-state index < -0.39 is 11.7 Å². The van der Waals surface area contributed by atoms with Crippen LogP contribution >= 0.6 is 35.6 Å². The average molecular weight is 490 g/mol. The van der Waals surface area contributed by atoms with Crippen LogP contribution in [0.4, 0.5) is 19.0 Å². The van der Waals surface area contributed by atoms with Crippen molar-refractivity contribution in [3.05, 3.63) is 35.5 Å². The minimum atomic E-state index is -4.45. The van der Waals surface area contributed by atoms with Gasteiger partial charge in [-0.05, 0) is 12.5 Å². The van der Waals surface area contributed by atoms with Gasteiger partial charge in [0.25, 0.3) is 0 Å². The number of guanidine groups is 1. The van der Waals surface area contributed by atoms with E-state index in [4.69, 9.17) is 11.6 Å². The predicted octanol–water partition coefficient (Wildman–Crippen LogP) is 3.30. The molecule has 5 nitrogen and oxygen atoms in total. The summed E-state index contributed by atoms with van der Waals surface area (Å²) in [7, 11) is 1.67. The summed E-state index contributed by atoms with van der Waals surface area (Å²) in [5.41, 5.74) is -0.848. The van der Waals surface area contributed by atoms with E-state index in [1.165, 1.54) is 0 Å². The van der Waals surface area contributed by atoms with Gasteiger partial charge in [0, 0.05) is 38.9 Å². The van der Waals surface area contributed by atoms with Crippen LogP contribution in [0.25, 0.3) is 0 Å². The molecular weight excluding hydrogens is 470 g/mol. The van der Waals surface area contributed by atoms with E-state index in [1.54, 1.807) is 13.1 Å². The van der Waals surface area contributed by atoms with Crippen LogP contribution in [0.15, 0.2) is 29.9 Å². The third kappa shape index (κ3) is 5.91. The van der Waals surface area contributed by atoms with E-state index in [9.17, 15) is 13.2 Å². The SMILES string of the molecule is C=CCNC(=NC)NC1CCN(c2ncc(C(F)(F)F)cc2Cl)C1.I. The maximum atomic E-state index is 12.7. The van der Waals surface area contributed by atoms with Gasteiger partial charge in [-0.25, -0.2) is 4.98 Å². The van der Waals surface area contributed by atoms with Crippen LogP contribution in [0, 0.1) is 0 Å². The van der Waals surface area contributed by atoms with Crippen molar-refractivity contribution in [2.24, 2.45) is 4.99 Å². The summed E-state index contributed by atoms with van der Waals surface area (Å²) in [6, 6.07) is 1.01. The lowest BCUT2D eigenvalue weighted by atomic mass is 10.2. The molecule has 10 heteroatoms. The number of pyridine rings is 1. The molecule has 0 saturated carbocycles. The minimum Gasteiger partial charge on any atom is -0.353 e. The summed E-state index contributed by atoms with van der Waals surface area (Å²) < 4.78 is 38.0. The van der Waals surface area contributed by atoms with Crippen molar-refractivity contribution in [3.8, 4) is 0 Å². The summed E-state index contributed by atoms with van der Waals surface area (Å²) in [5.74, 6) is 1.01. The molecule has 0 aliphatic carbocycles. The van der Waals surface area contributed by atoms with Gasteiger partial charge in [0.2, 0.25) is 0 Å². The van der Waals surface area contributed by atoms with Crippen LogP contribution in [0.1, 0.15) is 12.0 Å². The second kappa shape index (κ2) is 9.46. The van der Waals surface area contributed by atoms with Crippen molar-refractivity contribution in [1.29, 1.82) is 0 Å². The number of aliphatic imine (C=N–C) groups is 1. The van der Waals surface area contributed by atoms with Crippen LogP contribution in [-0.2, 0) is 6.18 Å². The van der Waals surface area contributed by atoms with Crippen LogP contribution in [0.3, 0.4) is 0 Å². The highest BCUT2D eigenvalue weighted by Crippen LogP contribution is 2.34. The second-order valence-electron chi connectivity index (χ2n) is 5.34. The summed E-state index contributed by atoms with van der Waals surface area (Å²) in [5, 5.41) is 6.33. The lowest BCUT2D eigenvalue weighted by Gasteiger charge is -2.20. The highest BCUT2D eigenvalue weighted by Gasteiger charge is 2.33. The monoisotopic (exact) mass is 489 g/mol. The zero-order valence-electron chi connectivity index (χ0n) is 13.6. The highest BCUT2D eigenvalue weighted by molar-refractivity contribution is 14.0. The normalized spacial score (nSPS) is 17.9. The van der Waals surface area contributed by atoms with Gasteiger partial charge >= 0.3 is 6.18 Å². The first-order valence-electron chi connectivity index (χ1n) is 7.41. The third-order valence-electron chi connectivity index (χ3n) is 3.62. The van der Waals surface area contributed by atoms with Gasteiger partial charge in [-0.15, -0.1) is 30.6 Å². The standard InChI is InChI=1S/C15H19ClF3N5.HI/c1-3-5-21-14(20-2)23-11-4-6-24(9-11)13-12(16)7-10(8-22-13)15(17,18)19;/h3,7-8,11H,1,4-6,9H2,2H3,(H2,20,21,23);1H. The molecule has 2 N–H and O–H groups in total. The quantitative estimate of drug-likeness (QED) is 0.295. The van der Waals surface area contributed by atoms with E-state index in [-0.39, 0.29) is 35.0 Å². The fourth-order valence-corrected chi connectivity index (χ4v) is 2.73. The molecule has 1 aliphatic rings. The molecule has 0 bridgehead atoms. The Hall–Kier alpha value is -1.23. The molecule has 1 aromatic heterocycles. The zero-order chi connectivity index (χ0) is 17.7. The maximum Gasteiger partial charge on any atom is 0.417 e. The number of alkyl halides is 3. The predicted molar refractivity (Wildman–Crippen MR) is 105 cm³/mol. The smallest absolute Gasteiger partial charge is 0.353 e. The Morgan fingerprint density at radius 3 is 2.84 bits per heavy atom. The Morgan fingerprint density at radius 1 is 1.56 bits per heavy atom. The summed E-state index contributed by atoms with van der Waals surface area (Å²) in [6.45, 7) is 5.44. The molecule has 2 heterocycles. The van der Waals surface area contributed by atoms with Gasteiger partial charge in [0.05, 0.1) is 10.6 Å². The molecule has 1 saturated heterocycles. The van der Waals surface area contributed by atoms with Crippen LogP contribution in [0.5, 0.6) is 0 Å². The van der Waals surface area contributed by atoms with Gasteiger partial charge in [0.1, 0.15) is 5.82 Å². The Morgan fingerprint density at radius 2 is 2.28 bits per heavy atom. The number of hydrogen-bond donors (Lipinski definition) is 2. The number of nitrogens with one attached hydrogen (secondary N) is 2. The summed E-state index contributed by atoms with van der Waals surface area (Å²) >= 11 is 5.99. The van der Waals surface area contributed by atoms with E-state index in [2.05, 4.69) is 27.2 Å². The van der Waals surface area contributed by atoms with E-state index in [0.717, 1.165) is 18.7 Å². The molecule has 2 rings (SSSR count). The molecule has 140 valence electrons. The number of rotatable bonds is 4. The van der Waals surface area contributed by atoms with E-state index >= 15 is 0 Å². The van der Waals surface area contributed by atoms with Crippen molar-refractivity contribution in [1.82, 2.24) is 15.6 Å². The lowest BCUT2D eigenvalue weighted by molar-refractivity contribution is -0.137. The Bertz CT molecular complexity index is 624. The Balaban J connectivity index is 0.00000312. The number of halogens is 5. The molecule has 1 aliphatic heterocycles. The first-order valence-corrected chi connectivity index (χ1v) is 7.78. The molecule has 25 heavy (non-hydrogen) atoms. The molecule has 1 fully saturated rings. The average Bonchev–Trinajstić information content (AvgIpc) is 2.98. The summed E-state index contributed by atoms with van der Waals surface area (Å²) in [4.78, 5) is 9.86. The molecule has 0 spiro atoms. The summed E-state index contributed by atoms with van der Waals surface area (Å²) in [6.07, 6.45) is -1.12. The fraction of sp³-hybridized carbons (Fsp3) is 0.467. The molecule has 1 atom stereocenters. The topological polar surface area (TPSA) is 52.6 Å². The van der Waals surface area contributed by atoms with Gasteiger partial charge in [0.15, 0.2) is 5.96 Å². The Labute approximate surface area is 166 Å². The molecule has 0 aromatic carbocycles. The third-order valence-corrected chi connectivity index (χ3v) is 3.89. The van der Waals surface area contributed by atoms with Crippen molar-refractivity contribution in [2.45, 2.75) is 18.6 Å². The van der Waals surface area contributed by atoms with Crippen molar-refractivity contribution in [2.75, 3.05) is 31.6 Å². The van der Waals surface area contributed by atoms with E-state index in [0.29, 0.717) is 31.4 Å². The van der Waals surface area contributed by atoms with Gasteiger partial charge in [-0.1, -0.05) is 17.7 Å². The second-order valence-corrected chi connectivity index (χ2v) is 5.75. The molecule has 0 radical (unpaired) electrons. The fourth-order valence-electron chi connectivity index (χ4n) is 2.45. The van der Waals surface area contributed by atoms with Crippen LogP contribution in [-0.4, -0.2) is 43.7 Å². The zero-order valence-corrected chi connectivity index (χ0v) is 16.7. The number of anilines is 1. The first-order chi connectivity index (χ1) is 11.3. The van der Waals surface area contributed by atoms with Crippen molar-refractivity contribution < 1.29 is 13.2 Å². The van der Waals surface area contributed by atoms with E-state index in [1.807, 2.05) is 4.90 Å². The lowest BCUT2D eigenvalue weighted by Crippen LogP contribution is -2.44. The molecule has 0 amide bonds. The van der Waals surface area contributed by atoms with Gasteiger partial charge < -0.3 is 15.5 Å². The van der Waals surface area contributed by atoms with Crippen molar-refractivity contribution >= 4 is 47.4 Å². The Kier molecular flexibility index (Phi) is 8.26. The van der Waals surface area contributed by atoms with Gasteiger partial charge in [-0.3, -0.25) is 4.99 Å².